The van der Waals surface area contributed by atoms with E-state index in [1.807, 2.05) is 23.1 Å². The van der Waals surface area contributed by atoms with E-state index in [1.54, 1.807) is 11.8 Å². The molecule has 2 aliphatic heterocycles. The van der Waals surface area contributed by atoms with Crippen LogP contribution in [0.1, 0.15) is 42.5 Å². The number of carbonyl (C=O) groups is 2. The molecule has 1 saturated carbocycles. The highest BCUT2D eigenvalue weighted by atomic mass is 35.5. The zero-order valence-electron chi connectivity index (χ0n) is 14.8. The van der Waals surface area contributed by atoms with E-state index >= 15 is 0 Å². The van der Waals surface area contributed by atoms with Crippen LogP contribution >= 0.6 is 24.2 Å². The van der Waals surface area contributed by atoms with Gasteiger partial charge in [0, 0.05) is 41.8 Å². The molecule has 1 saturated heterocycles. The van der Waals surface area contributed by atoms with Crippen LogP contribution in [0.4, 0.5) is 5.69 Å². The molecule has 0 radical (unpaired) electrons. The number of thioether (sulfide) groups is 1. The Hall–Kier alpha value is -1.24. The predicted molar refractivity (Wildman–Crippen MR) is 107 cm³/mol. The van der Waals surface area contributed by atoms with E-state index in [0.717, 1.165) is 54.7 Å². The molecule has 0 spiro atoms. The molecule has 0 bridgehead atoms. The Balaban J connectivity index is 0.00000196. The summed E-state index contributed by atoms with van der Waals surface area (Å²) in [6.07, 6.45) is 5.31. The third kappa shape index (κ3) is 4.72. The molecule has 1 aromatic carbocycles. The molecule has 2 amide bonds. The van der Waals surface area contributed by atoms with Crippen LogP contribution in [0, 0.1) is 5.92 Å². The van der Waals surface area contributed by atoms with Crippen LogP contribution in [0.5, 0.6) is 0 Å². The lowest BCUT2D eigenvalue weighted by molar-refractivity contribution is -0.115. The minimum Gasteiger partial charge on any atom is -0.339 e. The molecule has 3 aliphatic rings. The molecule has 0 unspecified atom stereocenters. The molecule has 26 heavy (non-hydrogen) atoms. The van der Waals surface area contributed by atoms with Gasteiger partial charge in [0.2, 0.25) is 5.91 Å². The van der Waals surface area contributed by atoms with Crippen molar-refractivity contribution in [1.29, 1.82) is 0 Å². The fourth-order valence-corrected chi connectivity index (χ4v) is 4.41. The number of nitrogens with zero attached hydrogens (tertiary/aromatic N) is 1. The molecule has 5 nitrogen and oxygen atoms in total. The summed E-state index contributed by atoms with van der Waals surface area (Å²) in [6, 6.07) is 6.24. The van der Waals surface area contributed by atoms with Crippen molar-refractivity contribution in [3.05, 3.63) is 23.8 Å². The van der Waals surface area contributed by atoms with Crippen molar-refractivity contribution in [2.75, 3.05) is 30.7 Å². The molecule has 142 valence electrons. The van der Waals surface area contributed by atoms with Gasteiger partial charge in [-0.05, 0) is 56.3 Å². The first-order chi connectivity index (χ1) is 12.2. The summed E-state index contributed by atoms with van der Waals surface area (Å²) in [7, 11) is 0. The van der Waals surface area contributed by atoms with Gasteiger partial charge in [-0.1, -0.05) is 0 Å². The third-order valence-electron chi connectivity index (χ3n) is 5.26. The van der Waals surface area contributed by atoms with Gasteiger partial charge < -0.3 is 15.5 Å². The van der Waals surface area contributed by atoms with Gasteiger partial charge in [-0.25, -0.2) is 0 Å². The van der Waals surface area contributed by atoms with Crippen LogP contribution in [0.15, 0.2) is 23.1 Å². The molecule has 1 aromatic rings. The normalized spacial score (nSPS) is 20.6. The van der Waals surface area contributed by atoms with Gasteiger partial charge in [0.05, 0.1) is 5.69 Å². The summed E-state index contributed by atoms with van der Waals surface area (Å²) in [6.45, 7) is 2.75. The van der Waals surface area contributed by atoms with Crippen LogP contribution in [-0.2, 0) is 4.79 Å². The number of hydrogen-bond donors (Lipinski definition) is 2. The molecule has 2 heterocycles. The number of amides is 2. The summed E-state index contributed by atoms with van der Waals surface area (Å²) < 4.78 is 0. The Bertz CT molecular complexity index is 673. The van der Waals surface area contributed by atoms with E-state index in [-0.39, 0.29) is 24.2 Å². The lowest BCUT2D eigenvalue weighted by Crippen LogP contribution is -2.45. The van der Waals surface area contributed by atoms with Crippen molar-refractivity contribution in [3.63, 3.8) is 0 Å². The molecule has 4 rings (SSSR count). The van der Waals surface area contributed by atoms with Gasteiger partial charge in [0.1, 0.15) is 0 Å². The Morgan fingerprint density at radius 1 is 1.23 bits per heavy atom. The molecule has 0 atom stereocenters. The maximum atomic E-state index is 12.8. The maximum Gasteiger partial charge on any atom is 0.253 e. The van der Waals surface area contributed by atoms with Crippen molar-refractivity contribution < 1.29 is 9.59 Å². The number of nitrogens with one attached hydrogen (secondary N) is 2. The second-order valence-corrected chi connectivity index (χ2v) is 8.41. The highest BCUT2D eigenvalue weighted by Gasteiger charge is 2.27. The summed E-state index contributed by atoms with van der Waals surface area (Å²) in [5.41, 5.74) is 1.45. The number of likely N-dealkylation sites (tertiary alicyclic amines) is 1. The first-order valence-corrected chi connectivity index (χ1v) is 10.3. The van der Waals surface area contributed by atoms with Crippen LogP contribution < -0.4 is 10.6 Å². The first-order valence-electron chi connectivity index (χ1n) is 9.28. The number of anilines is 1. The Kier molecular flexibility index (Phi) is 6.48. The van der Waals surface area contributed by atoms with E-state index in [9.17, 15) is 9.59 Å². The quantitative estimate of drug-likeness (QED) is 0.822. The highest BCUT2D eigenvalue weighted by molar-refractivity contribution is 7.99. The fraction of sp³-hybridized carbons (Fsp3) is 0.579. The molecular weight excluding hydrogens is 370 g/mol. The molecule has 2 fully saturated rings. The molecule has 7 heteroatoms. The van der Waals surface area contributed by atoms with Crippen molar-refractivity contribution in [3.8, 4) is 0 Å². The highest BCUT2D eigenvalue weighted by Crippen LogP contribution is 2.32. The maximum absolute atomic E-state index is 12.8. The zero-order valence-corrected chi connectivity index (χ0v) is 16.5. The van der Waals surface area contributed by atoms with Crippen molar-refractivity contribution in [1.82, 2.24) is 10.2 Å². The van der Waals surface area contributed by atoms with Crippen LogP contribution in [0.3, 0.4) is 0 Å². The Morgan fingerprint density at radius 3 is 2.73 bits per heavy atom. The summed E-state index contributed by atoms with van der Waals surface area (Å²) >= 11 is 1.67. The van der Waals surface area contributed by atoms with Crippen LogP contribution in [-0.4, -0.2) is 48.1 Å². The topological polar surface area (TPSA) is 61.4 Å². The van der Waals surface area contributed by atoms with Gasteiger partial charge in [-0.2, -0.15) is 0 Å². The average Bonchev–Trinajstić information content (AvgIpc) is 3.46. The van der Waals surface area contributed by atoms with Crippen LogP contribution in [0.25, 0.3) is 0 Å². The first kappa shape index (κ1) is 19.5. The van der Waals surface area contributed by atoms with Gasteiger partial charge in [-0.3, -0.25) is 9.59 Å². The largest absolute Gasteiger partial charge is 0.339 e. The van der Waals surface area contributed by atoms with Gasteiger partial charge >= 0.3 is 0 Å². The van der Waals surface area contributed by atoms with E-state index < -0.39 is 0 Å². The van der Waals surface area contributed by atoms with Crippen molar-refractivity contribution in [2.24, 2.45) is 5.92 Å². The van der Waals surface area contributed by atoms with Crippen LogP contribution in [0.2, 0.25) is 0 Å². The minimum absolute atomic E-state index is 0. The van der Waals surface area contributed by atoms with Gasteiger partial charge in [0.15, 0.2) is 0 Å². The second kappa shape index (κ2) is 8.63. The summed E-state index contributed by atoms with van der Waals surface area (Å²) in [5.74, 6) is 1.78. The van der Waals surface area contributed by atoms with E-state index in [4.69, 9.17) is 0 Å². The average molecular weight is 396 g/mol. The van der Waals surface area contributed by atoms with Crippen molar-refractivity contribution >= 4 is 41.7 Å². The van der Waals surface area contributed by atoms with Crippen molar-refractivity contribution in [2.45, 2.75) is 43.0 Å². The number of halogens is 1. The molecular formula is C19H26ClN3O2S. The lowest BCUT2D eigenvalue weighted by atomic mass is 10.0. The second-order valence-electron chi connectivity index (χ2n) is 7.28. The van der Waals surface area contributed by atoms with Gasteiger partial charge in [-0.15, -0.1) is 24.2 Å². The number of hydrogen-bond acceptors (Lipinski definition) is 4. The van der Waals surface area contributed by atoms with Gasteiger partial charge in [0.25, 0.3) is 5.91 Å². The Morgan fingerprint density at radius 2 is 2.00 bits per heavy atom. The predicted octanol–water partition coefficient (Wildman–Crippen LogP) is 3.15. The Labute approximate surface area is 165 Å². The number of carbonyl (C=O) groups excluding carboxylic acids is 2. The summed E-state index contributed by atoms with van der Waals surface area (Å²) in [5, 5.41) is 6.57. The van der Waals surface area contributed by atoms with E-state index in [0.29, 0.717) is 18.0 Å². The number of rotatable bonds is 4. The molecule has 0 aromatic heterocycles. The zero-order chi connectivity index (χ0) is 17.2. The number of piperidine rings is 1. The minimum atomic E-state index is 0. The fourth-order valence-electron chi connectivity index (χ4n) is 3.48. The number of benzene rings is 1. The molecule has 1 aliphatic carbocycles. The smallest absolute Gasteiger partial charge is 0.253 e. The lowest BCUT2D eigenvalue weighted by Gasteiger charge is -2.32. The SMILES string of the molecule is Cl.O=C1CCSc2ccc(C(=O)N3CCC(NCC4CC4)CC3)cc2N1. The van der Waals surface area contributed by atoms with E-state index in [1.165, 1.54) is 12.8 Å². The molecule has 2 N–H and O–H groups in total. The third-order valence-corrected chi connectivity index (χ3v) is 6.34. The monoisotopic (exact) mass is 395 g/mol. The standard InChI is InChI=1S/C19H25N3O2S.ClH/c23-18-7-10-25-17-4-3-14(11-16(17)21-18)19(24)22-8-5-15(6-9-22)20-12-13-1-2-13;/h3-4,11,13,15,20H,1-2,5-10,12H2,(H,21,23);1H. The number of fused-ring (bicyclic) bond motifs is 1. The summed E-state index contributed by atoms with van der Waals surface area (Å²) in [4.78, 5) is 27.6. The van der Waals surface area contributed by atoms with E-state index in [2.05, 4.69) is 10.6 Å².